The Morgan fingerprint density at radius 1 is 0.639 bits per heavy atom. The number of thioether (sulfide) groups is 2. The first-order chi connectivity index (χ1) is 29.4. The van der Waals surface area contributed by atoms with Gasteiger partial charge in [0.2, 0.25) is 0 Å². The second-order valence-corrected chi connectivity index (χ2v) is 15.8. The number of imide groups is 1. The molecular formula is C42H44F3N3O11S2. The average molecular weight is 888 g/mol. The minimum atomic E-state index is -4.92. The van der Waals surface area contributed by atoms with Gasteiger partial charge in [0.15, 0.2) is 5.78 Å². The molecule has 0 radical (unpaired) electrons. The number of hydrogen-bond acceptors (Lipinski definition) is 13. The van der Waals surface area contributed by atoms with Crippen molar-refractivity contribution in [2.45, 2.75) is 22.9 Å². The van der Waals surface area contributed by atoms with Crippen molar-refractivity contribution in [3.8, 4) is 5.75 Å². The fourth-order valence-electron chi connectivity index (χ4n) is 6.24. The van der Waals surface area contributed by atoms with E-state index in [0.717, 1.165) is 29.6 Å². The molecule has 0 unspecified atom stereocenters. The van der Waals surface area contributed by atoms with Gasteiger partial charge in [-0.3, -0.25) is 24.0 Å². The van der Waals surface area contributed by atoms with E-state index in [1.54, 1.807) is 58.3 Å². The van der Waals surface area contributed by atoms with Crippen molar-refractivity contribution in [2.75, 3.05) is 104 Å². The summed E-state index contributed by atoms with van der Waals surface area (Å²) in [5, 5.41) is 0. The first-order valence-electron chi connectivity index (χ1n) is 19.4. The molecular weight excluding hydrogens is 844 g/mol. The molecule has 3 aliphatic heterocycles. The van der Waals surface area contributed by atoms with Crippen molar-refractivity contribution < 1.29 is 65.6 Å². The van der Waals surface area contributed by atoms with Gasteiger partial charge in [0.05, 0.1) is 80.5 Å². The van der Waals surface area contributed by atoms with Gasteiger partial charge in [0.25, 0.3) is 23.6 Å². The number of morpholine rings is 2. The van der Waals surface area contributed by atoms with E-state index < -0.39 is 29.3 Å². The van der Waals surface area contributed by atoms with E-state index in [1.165, 1.54) is 13.0 Å². The van der Waals surface area contributed by atoms with Crippen LogP contribution in [0.1, 0.15) is 33.2 Å². The van der Waals surface area contributed by atoms with Crippen molar-refractivity contribution in [1.82, 2.24) is 9.80 Å². The molecule has 4 amide bonds. The van der Waals surface area contributed by atoms with Crippen molar-refractivity contribution >= 4 is 58.6 Å². The second-order valence-electron chi connectivity index (χ2n) is 13.7. The third-order valence-electron chi connectivity index (χ3n) is 9.30. The van der Waals surface area contributed by atoms with Crippen molar-refractivity contribution in [1.29, 1.82) is 0 Å². The maximum absolute atomic E-state index is 14.5. The summed E-state index contributed by atoms with van der Waals surface area (Å²) in [6, 6.07) is 15.9. The Balaban J connectivity index is 1.17. The van der Waals surface area contributed by atoms with E-state index in [1.807, 2.05) is 0 Å². The van der Waals surface area contributed by atoms with E-state index in [-0.39, 0.29) is 79.3 Å². The molecule has 3 aromatic carbocycles. The SMILES string of the molecule is CC(=O)COCCOCCOCCOc1ccc(N2C(=O)C(Sc3ccc(C(=O)N4CCOCC4)cc3)=C(Sc3ccc(C(=O)N4CCOCC4)cc3)C2=O)cc1C(F)(F)F. The Hall–Kier alpha value is -4.76. The number of ether oxygens (including phenoxy) is 6. The lowest BCUT2D eigenvalue weighted by Crippen LogP contribution is -2.40. The van der Waals surface area contributed by atoms with Crippen LogP contribution in [0.4, 0.5) is 18.9 Å². The molecule has 0 atom stereocenters. The lowest BCUT2D eigenvalue weighted by Gasteiger charge is -2.26. The summed E-state index contributed by atoms with van der Waals surface area (Å²) in [6.07, 6.45) is -4.92. The topological polar surface area (TPSA) is 150 Å². The highest BCUT2D eigenvalue weighted by Crippen LogP contribution is 2.46. The van der Waals surface area contributed by atoms with Gasteiger partial charge in [-0.15, -0.1) is 0 Å². The molecule has 3 aromatic rings. The standard InChI is InChI=1S/C42H44F3N3O11S2/c1-28(49)27-58-23-22-56-20-21-57-24-25-59-35-11-6-31(26-34(35)42(43,44)45)48-40(52)36(60-32-7-2-29(3-8-32)38(50)46-12-16-54-17-13-46)37(41(48)53)61-33-9-4-30(5-10-33)39(51)47-14-18-55-19-15-47/h2-11,26H,12-25,27H2,1H3. The zero-order chi connectivity index (χ0) is 43.4. The monoisotopic (exact) mass is 887 g/mol. The Kier molecular flexibility index (Phi) is 16.4. The van der Waals surface area contributed by atoms with Crippen LogP contribution in [-0.4, -0.2) is 138 Å². The summed E-state index contributed by atoms with van der Waals surface area (Å²) in [5.41, 5.74) is -0.676. The molecule has 61 heavy (non-hydrogen) atoms. The zero-order valence-corrected chi connectivity index (χ0v) is 34.9. The molecule has 6 rings (SSSR count). The van der Waals surface area contributed by atoms with Gasteiger partial charge in [-0.1, -0.05) is 23.5 Å². The highest BCUT2D eigenvalue weighted by molar-refractivity contribution is 8.08. The van der Waals surface area contributed by atoms with Gasteiger partial charge in [-0.2, -0.15) is 13.2 Å². The quantitative estimate of drug-likeness (QED) is 0.113. The molecule has 0 N–H and O–H groups in total. The number of hydrogen-bond donors (Lipinski definition) is 0. The molecule has 0 aliphatic carbocycles. The van der Waals surface area contributed by atoms with Gasteiger partial charge < -0.3 is 38.2 Å². The molecule has 0 saturated carbocycles. The van der Waals surface area contributed by atoms with Crippen molar-refractivity contribution in [3.05, 3.63) is 93.2 Å². The molecule has 3 aliphatic rings. The Morgan fingerprint density at radius 3 is 1.52 bits per heavy atom. The molecule has 0 aromatic heterocycles. The summed E-state index contributed by atoms with van der Waals surface area (Å²) >= 11 is 1.90. The number of anilines is 1. The predicted molar refractivity (Wildman–Crippen MR) is 218 cm³/mol. The fraction of sp³-hybridized carbons (Fsp3) is 0.405. The predicted octanol–water partition coefficient (Wildman–Crippen LogP) is 5.34. The Bertz CT molecular complexity index is 1980. The highest BCUT2D eigenvalue weighted by Gasteiger charge is 2.42. The number of nitrogens with zero attached hydrogens (tertiary/aromatic N) is 3. The zero-order valence-electron chi connectivity index (χ0n) is 33.2. The minimum Gasteiger partial charge on any atom is -0.491 e. The maximum Gasteiger partial charge on any atom is 0.420 e. The van der Waals surface area contributed by atoms with Crippen LogP contribution in [0.5, 0.6) is 5.75 Å². The number of carbonyl (C=O) groups excluding carboxylic acids is 5. The average Bonchev–Trinajstić information content (AvgIpc) is 3.49. The molecule has 2 saturated heterocycles. The number of Topliss-reactive ketones (excluding diaryl/α,β-unsaturated/α-hetero) is 1. The number of carbonyl (C=O) groups is 5. The summed E-state index contributed by atoms with van der Waals surface area (Å²) in [7, 11) is 0. The first kappa shape index (κ1) is 45.8. The third-order valence-corrected chi connectivity index (χ3v) is 11.6. The van der Waals surface area contributed by atoms with Crippen LogP contribution >= 0.6 is 23.5 Å². The van der Waals surface area contributed by atoms with Gasteiger partial charge >= 0.3 is 6.18 Å². The molecule has 326 valence electrons. The molecule has 3 heterocycles. The van der Waals surface area contributed by atoms with Crippen molar-refractivity contribution in [3.63, 3.8) is 0 Å². The van der Waals surface area contributed by atoms with Crippen LogP contribution in [0.2, 0.25) is 0 Å². The van der Waals surface area contributed by atoms with E-state index in [9.17, 15) is 37.1 Å². The van der Waals surface area contributed by atoms with Crippen LogP contribution in [0, 0.1) is 0 Å². The Morgan fingerprint density at radius 2 is 1.08 bits per heavy atom. The fourth-order valence-corrected chi connectivity index (χ4v) is 8.22. The number of halogens is 3. The summed E-state index contributed by atoms with van der Waals surface area (Å²) < 4.78 is 75.3. The molecule has 0 bridgehead atoms. The lowest BCUT2D eigenvalue weighted by atomic mass is 10.1. The number of ketones is 1. The number of rotatable bonds is 19. The van der Waals surface area contributed by atoms with Crippen LogP contribution < -0.4 is 9.64 Å². The number of alkyl halides is 3. The first-order valence-corrected chi connectivity index (χ1v) is 21.0. The normalized spacial score (nSPS) is 16.1. The lowest BCUT2D eigenvalue weighted by molar-refractivity contribution is -0.139. The van der Waals surface area contributed by atoms with Crippen LogP contribution in [0.25, 0.3) is 0 Å². The van der Waals surface area contributed by atoms with E-state index >= 15 is 0 Å². The minimum absolute atomic E-state index is 0.00739. The molecule has 19 heteroatoms. The second kappa shape index (κ2) is 21.9. The summed E-state index contributed by atoms with van der Waals surface area (Å²) in [4.78, 5) is 70.4. The van der Waals surface area contributed by atoms with Gasteiger partial charge in [0, 0.05) is 47.1 Å². The third kappa shape index (κ3) is 12.4. The maximum atomic E-state index is 14.5. The van der Waals surface area contributed by atoms with Gasteiger partial charge in [0.1, 0.15) is 19.0 Å². The van der Waals surface area contributed by atoms with E-state index in [4.69, 9.17) is 28.4 Å². The van der Waals surface area contributed by atoms with Gasteiger partial charge in [-0.05, 0) is 73.7 Å². The van der Waals surface area contributed by atoms with Crippen LogP contribution in [-0.2, 0) is 44.2 Å². The largest absolute Gasteiger partial charge is 0.491 e. The number of benzene rings is 3. The molecule has 2 fully saturated rings. The van der Waals surface area contributed by atoms with Crippen LogP contribution in [0.15, 0.2) is 86.3 Å². The number of amides is 4. The summed E-state index contributed by atoms with van der Waals surface area (Å²) in [6.45, 7) is 5.45. The smallest absolute Gasteiger partial charge is 0.420 e. The summed E-state index contributed by atoms with van der Waals surface area (Å²) in [5.74, 6) is -2.67. The highest BCUT2D eigenvalue weighted by atomic mass is 32.2. The Labute approximate surface area is 358 Å². The molecule has 0 spiro atoms. The van der Waals surface area contributed by atoms with Crippen LogP contribution in [0.3, 0.4) is 0 Å². The van der Waals surface area contributed by atoms with Gasteiger partial charge in [-0.25, -0.2) is 4.90 Å². The molecule has 14 nitrogen and oxygen atoms in total. The van der Waals surface area contributed by atoms with E-state index in [2.05, 4.69) is 0 Å². The van der Waals surface area contributed by atoms with Crippen molar-refractivity contribution in [2.24, 2.45) is 0 Å². The van der Waals surface area contributed by atoms with E-state index in [0.29, 0.717) is 84.5 Å².